The Bertz CT molecular complexity index is 577. The highest BCUT2D eigenvalue weighted by Gasteiger charge is 2.19. The Morgan fingerprint density at radius 3 is 2.67 bits per heavy atom. The molecule has 0 spiro atoms. The standard InChI is InChI=1S/C16H19ClFN3/c1-21(9-6-12-4-7-20-8-5-12)16(11-19)14-10-13(17)2-3-15(14)18/h2-5,7-8,10,16H,6,9,11,19H2,1H3. The van der Waals surface area contributed by atoms with Gasteiger partial charge in [-0.25, -0.2) is 4.39 Å². The summed E-state index contributed by atoms with van der Waals surface area (Å²) in [4.78, 5) is 6.05. The molecule has 0 aliphatic carbocycles. The van der Waals surface area contributed by atoms with Gasteiger partial charge in [-0.1, -0.05) is 11.6 Å². The third-order valence-electron chi connectivity index (χ3n) is 3.57. The van der Waals surface area contributed by atoms with Crippen LogP contribution in [0.3, 0.4) is 0 Å². The van der Waals surface area contributed by atoms with Gasteiger partial charge in [-0.2, -0.15) is 0 Å². The second-order valence-corrected chi connectivity index (χ2v) is 5.44. The average Bonchev–Trinajstić information content (AvgIpc) is 2.50. The number of rotatable bonds is 6. The second kappa shape index (κ2) is 7.50. The van der Waals surface area contributed by atoms with Crippen molar-refractivity contribution in [1.29, 1.82) is 0 Å². The van der Waals surface area contributed by atoms with E-state index in [1.54, 1.807) is 24.5 Å². The molecule has 0 radical (unpaired) electrons. The Kier molecular flexibility index (Phi) is 5.67. The maximum Gasteiger partial charge on any atom is 0.128 e. The zero-order valence-electron chi connectivity index (χ0n) is 12.0. The molecule has 0 amide bonds. The Balaban J connectivity index is 2.08. The summed E-state index contributed by atoms with van der Waals surface area (Å²) in [5.74, 6) is -0.273. The molecule has 112 valence electrons. The van der Waals surface area contributed by atoms with E-state index in [-0.39, 0.29) is 11.9 Å². The molecule has 0 aliphatic heterocycles. The van der Waals surface area contributed by atoms with Crippen LogP contribution in [0.4, 0.5) is 4.39 Å². The number of nitrogens with zero attached hydrogens (tertiary/aromatic N) is 2. The molecule has 1 aromatic heterocycles. The molecule has 2 rings (SSSR count). The fourth-order valence-corrected chi connectivity index (χ4v) is 2.51. The predicted octanol–water partition coefficient (Wildman–Crippen LogP) is 3.05. The fraction of sp³-hybridized carbons (Fsp3) is 0.312. The number of likely N-dealkylation sites (N-methyl/N-ethyl adjacent to an activating group) is 1. The molecule has 1 atom stereocenters. The first-order valence-electron chi connectivity index (χ1n) is 6.86. The van der Waals surface area contributed by atoms with E-state index in [1.165, 1.54) is 11.6 Å². The van der Waals surface area contributed by atoms with Gasteiger partial charge in [-0.3, -0.25) is 9.88 Å². The van der Waals surface area contributed by atoms with Crippen molar-refractivity contribution in [3.63, 3.8) is 0 Å². The van der Waals surface area contributed by atoms with Crippen molar-refractivity contribution in [3.05, 3.63) is 64.7 Å². The summed E-state index contributed by atoms with van der Waals surface area (Å²) in [6.07, 6.45) is 4.40. The normalized spacial score (nSPS) is 12.6. The first-order valence-corrected chi connectivity index (χ1v) is 7.23. The molecule has 0 fully saturated rings. The quantitative estimate of drug-likeness (QED) is 0.892. The highest BCUT2D eigenvalue weighted by molar-refractivity contribution is 6.30. The average molecular weight is 308 g/mol. The number of aromatic nitrogens is 1. The Hall–Kier alpha value is -1.49. The van der Waals surface area contributed by atoms with Crippen LogP contribution < -0.4 is 5.73 Å². The van der Waals surface area contributed by atoms with Crippen LogP contribution >= 0.6 is 11.6 Å². The molecule has 3 nitrogen and oxygen atoms in total. The van der Waals surface area contributed by atoms with Crippen LogP contribution in [0.1, 0.15) is 17.2 Å². The number of nitrogens with two attached hydrogens (primary N) is 1. The van der Waals surface area contributed by atoms with Crippen LogP contribution in [0, 0.1) is 5.82 Å². The minimum atomic E-state index is -0.273. The summed E-state index contributed by atoms with van der Waals surface area (Å²) < 4.78 is 14.0. The molecule has 21 heavy (non-hydrogen) atoms. The largest absolute Gasteiger partial charge is 0.329 e. The van der Waals surface area contributed by atoms with Gasteiger partial charge >= 0.3 is 0 Å². The highest BCUT2D eigenvalue weighted by atomic mass is 35.5. The topological polar surface area (TPSA) is 42.2 Å². The lowest BCUT2D eigenvalue weighted by Crippen LogP contribution is -2.32. The van der Waals surface area contributed by atoms with Gasteiger partial charge in [0.15, 0.2) is 0 Å². The van der Waals surface area contributed by atoms with Gasteiger partial charge in [0, 0.05) is 42.1 Å². The van der Waals surface area contributed by atoms with Gasteiger partial charge in [0.25, 0.3) is 0 Å². The van der Waals surface area contributed by atoms with Crippen molar-refractivity contribution in [2.45, 2.75) is 12.5 Å². The lowest BCUT2D eigenvalue weighted by Gasteiger charge is -2.27. The molecule has 2 aromatic rings. The third-order valence-corrected chi connectivity index (χ3v) is 3.81. The van der Waals surface area contributed by atoms with E-state index in [1.807, 2.05) is 19.2 Å². The first kappa shape index (κ1) is 15.9. The van der Waals surface area contributed by atoms with Gasteiger partial charge in [-0.15, -0.1) is 0 Å². The van der Waals surface area contributed by atoms with Crippen LogP contribution in [-0.2, 0) is 6.42 Å². The maximum atomic E-state index is 14.0. The number of pyridine rings is 1. The molecule has 0 bridgehead atoms. The van der Waals surface area contributed by atoms with E-state index in [2.05, 4.69) is 9.88 Å². The Morgan fingerprint density at radius 1 is 1.29 bits per heavy atom. The van der Waals surface area contributed by atoms with Crippen LogP contribution in [0.5, 0.6) is 0 Å². The van der Waals surface area contributed by atoms with Gasteiger partial charge < -0.3 is 5.73 Å². The van der Waals surface area contributed by atoms with Crippen molar-refractivity contribution in [2.75, 3.05) is 20.1 Å². The molecule has 1 unspecified atom stereocenters. The van der Waals surface area contributed by atoms with Crippen LogP contribution in [0.2, 0.25) is 5.02 Å². The van der Waals surface area contributed by atoms with Crippen molar-refractivity contribution >= 4 is 11.6 Å². The van der Waals surface area contributed by atoms with Crippen molar-refractivity contribution in [3.8, 4) is 0 Å². The summed E-state index contributed by atoms with van der Waals surface area (Å²) in [6.45, 7) is 1.11. The molecule has 0 saturated carbocycles. The van der Waals surface area contributed by atoms with E-state index in [4.69, 9.17) is 17.3 Å². The maximum absolute atomic E-state index is 14.0. The van der Waals surface area contributed by atoms with Crippen molar-refractivity contribution < 1.29 is 4.39 Å². The molecule has 5 heteroatoms. The van der Waals surface area contributed by atoms with Crippen LogP contribution in [0.15, 0.2) is 42.7 Å². The van der Waals surface area contributed by atoms with E-state index < -0.39 is 0 Å². The zero-order chi connectivity index (χ0) is 15.2. The number of hydrogen-bond donors (Lipinski definition) is 1. The summed E-state index contributed by atoms with van der Waals surface area (Å²) in [6, 6.07) is 8.35. The smallest absolute Gasteiger partial charge is 0.128 e. The van der Waals surface area contributed by atoms with Gasteiger partial charge in [0.05, 0.1) is 0 Å². The molecule has 1 aromatic carbocycles. The van der Waals surface area contributed by atoms with E-state index in [9.17, 15) is 4.39 Å². The summed E-state index contributed by atoms with van der Waals surface area (Å²) in [5, 5.41) is 0.521. The SMILES string of the molecule is CN(CCc1ccncc1)C(CN)c1cc(Cl)ccc1F. The first-order chi connectivity index (χ1) is 10.1. The van der Waals surface area contributed by atoms with Gasteiger partial charge in [0.2, 0.25) is 0 Å². The van der Waals surface area contributed by atoms with Crippen molar-refractivity contribution in [2.24, 2.45) is 5.73 Å². The Morgan fingerprint density at radius 2 is 2.00 bits per heavy atom. The number of halogens is 2. The Labute approximate surface area is 129 Å². The van der Waals surface area contributed by atoms with Crippen LogP contribution in [-0.4, -0.2) is 30.0 Å². The molecule has 1 heterocycles. The molecular weight excluding hydrogens is 289 g/mol. The van der Waals surface area contributed by atoms with E-state index >= 15 is 0 Å². The van der Waals surface area contributed by atoms with E-state index in [0.717, 1.165) is 13.0 Å². The molecular formula is C16H19ClFN3. The minimum Gasteiger partial charge on any atom is -0.329 e. The second-order valence-electron chi connectivity index (χ2n) is 5.00. The number of hydrogen-bond acceptors (Lipinski definition) is 3. The van der Waals surface area contributed by atoms with Crippen molar-refractivity contribution in [1.82, 2.24) is 9.88 Å². The monoisotopic (exact) mass is 307 g/mol. The summed E-state index contributed by atoms with van der Waals surface area (Å²) >= 11 is 5.96. The third kappa shape index (κ3) is 4.24. The summed E-state index contributed by atoms with van der Waals surface area (Å²) in [5.41, 5.74) is 7.57. The predicted molar refractivity (Wildman–Crippen MR) is 83.8 cm³/mol. The van der Waals surface area contributed by atoms with E-state index in [0.29, 0.717) is 17.1 Å². The molecule has 0 aliphatic rings. The molecule has 2 N–H and O–H groups in total. The van der Waals surface area contributed by atoms with Crippen LogP contribution in [0.25, 0.3) is 0 Å². The zero-order valence-corrected chi connectivity index (χ0v) is 12.7. The minimum absolute atomic E-state index is 0.189. The molecule has 0 saturated heterocycles. The highest BCUT2D eigenvalue weighted by Crippen LogP contribution is 2.24. The van der Waals surface area contributed by atoms with Gasteiger partial charge in [0.1, 0.15) is 5.82 Å². The lowest BCUT2D eigenvalue weighted by atomic mass is 10.0. The number of benzene rings is 1. The lowest BCUT2D eigenvalue weighted by molar-refractivity contribution is 0.248. The van der Waals surface area contributed by atoms with Gasteiger partial charge in [-0.05, 0) is 49.4 Å². The fourth-order valence-electron chi connectivity index (χ4n) is 2.33. The summed E-state index contributed by atoms with van der Waals surface area (Å²) in [7, 11) is 1.94.